The summed E-state index contributed by atoms with van der Waals surface area (Å²) in [7, 11) is 1.04. The highest BCUT2D eigenvalue weighted by Gasteiger charge is 2.49. The van der Waals surface area contributed by atoms with Crippen molar-refractivity contribution in [3.05, 3.63) is 45.9 Å². The lowest BCUT2D eigenvalue weighted by molar-refractivity contribution is -0.720. The first-order valence-electron chi connectivity index (χ1n) is 8.84. The van der Waals surface area contributed by atoms with Crippen LogP contribution in [0.5, 0.6) is 0 Å². The zero-order valence-corrected chi connectivity index (χ0v) is 16.8. The normalized spacial score (nSPS) is 13.2. The largest absolute Gasteiger partial charge is 0.441 e. The van der Waals surface area contributed by atoms with E-state index in [0.29, 0.717) is 21.4 Å². The second-order valence-corrected chi connectivity index (χ2v) is 7.19. The summed E-state index contributed by atoms with van der Waals surface area (Å²) >= 11 is 0. The lowest BCUT2D eigenvalue weighted by Gasteiger charge is -2.17. The van der Waals surface area contributed by atoms with Gasteiger partial charge < -0.3 is 0 Å². The van der Waals surface area contributed by atoms with Crippen molar-refractivity contribution in [3.8, 4) is 11.3 Å². The third-order valence-corrected chi connectivity index (χ3v) is 4.79. The van der Waals surface area contributed by atoms with Gasteiger partial charge in [0.1, 0.15) is 5.52 Å². The summed E-state index contributed by atoms with van der Waals surface area (Å²) in [5.74, 6) is 0. The Morgan fingerprint density at radius 3 is 1.62 bits per heavy atom. The molecule has 0 unspecified atom stereocenters. The SMILES string of the molecule is Cc1cc(C)c(C)c(-c2c3nc(C(F)(F)F)c(C(F)(F)F)nc3c(C(F)(F)F)n[n+]2C)c1. The Morgan fingerprint density at radius 2 is 1.16 bits per heavy atom. The lowest BCUT2D eigenvalue weighted by atomic mass is 9.96. The molecule has 0 spiro atoms. The number of fused-ring (bicyclic) bond motifs is 1. The van der Waals surface area contributed by atoms with Gasteiger partial charge in [-0.25, -0.2) is 9.97 Å². The number of rotatable bonds is 1. The maximum atomic E-state index is 13.6. The van der Waals surface area contributed by atoms with Crippen LogP contribution in [0, 0.1) is 20.8 Å². The third-order valence-electron chi connectivity index (χ3n) is 4.79. The lowest BCUT2D eigenvalue weighted by Crippen LogP contribution is -2.39. The maximum absolute atomic E-state index is 13.6. The van der Waals surface area contributed by atoms with E-state index < -0.39 is 46.6 Å². The highest BCUT2D eigenvalue weighted by Crippen LogP contribution is 2.42. The van der Waals surface area contributed by atoms with Crippen molar-refractivity contribution in [2.45, 2.75) is 39.3 Å². The topological polar surface area (TPSA) is 42.6 Å². The number of aromatic nitrogens is 4. The van der Waals surface area contributed by atoms with Crippen LogP contribution in [-0.4, -0.2) is 15.1 Å². The van der Waals surface area contributed by atoms with E-state index in [0.717, 1.165) is 7.05 Å². The molecular formula is C19H14F9N4+. The molecule has 3 rings (SSSR count). The Morgan fingerprint density at radius 1 is 0.688 bits per heavy atom. The highest BCUT2D eigenvalue weighted by molar-refractivity contribution is 5.90. The summed E-state index contributed by atoms with van der Waals surface area (Å²) in [6.07, 6.45) is -16.6. The summed E-state index contributed by atoms with van der Waals surface area (Å²) < 4.78 is 122. The number of hydrogen-bond donors (Lipinski definition) is 0. The van der Waals surface area contributed by atoms with Gasteiger partial charge in [-0.15, -0.1) is 0 Å². The molecular weight excluding hydrogens is 455 g/mol. The second-order valence-electron chi connectivity index (χ2n) is 7.19. The van der Waals surface area contributed by atoms with Crippen LogP contribution in [0.1, 0.15) is 33.8 Å². The summed E-state index contributed by atoms with van der Waals surface area (Å²) in [4.78, 5) is 5.83. The van der Waals surface area contributed by atoms with Gasteiger partial charge in [-0.3, -0.25) is 0 Å². The molecule has 2 aromatic heterocycles. The zero-order chi connectivity index (χ0) is 24.4. The Hall–Kier alpha value is -2.99. The number of alkyl halides is 9. The fraction of sp³-hybridized carbons (Fsp3) is 0.368. The highest BCUT2D eigenvalue weighted by atomic mass is 19.4. The molecule has 0 radical (unpaired) electrons. The second kappa shape index (κ2) is 7.27. The first kappa shape index (κ1) is 23.7. The summed E-state index contributed by atoms with van der Waals surface area (Å²) in [5, 5.41) is 3.30. The monoisotopic (exact) mass is 469 g/mol. The predicted octanol–water partition coefficient (Wildman–Crippen LogP) is 5.50. The molecule has 172 valence electrons. The van der Waals surface area contributed by atoms with E-state index in [-0.39, 0.29) is 11.3 Å². The summed E-state index contributed by atoms with van der Waals surface area (Å²) in [5.41, 5.74) is -7.72. The van der Waals surface area contributed by atoms with Gasteiger partial charge in [0.05, 0.1) is 5.56 Å². The van der Waals surface area contributed by atoms with E-state index in [1.54, 1.807) is 26.8 Å². The van der Waals surface area contributed by atoms with Gasteiger partial charge in [0.15, 0.2) is 24.0 Å². The van der Waals surface area contributed by atoms with Crippen LogP contribution in [0.3, 0.4) is 0 Å². The number of nitrogens with zero attached hydrogens (tertiary/aromatic N) is 4. The minimum atomic E-state index is -5.71. The van der Waals surface area contributed by atoms with Gasteiger partial charge in [-0.2, -0.15) is 39.5 Å². The van der Waals surface area contributed by atoms with Crippen LogP contribution in [-0.2, 0) is 25.6 Å². The summed E-state index contributed by atoms with van der Waals surface area (Å²) in [6.45, 7) is 4.88. The molecule has 0 bridgehead atoms. The van der Waals surface area contributed by atoms with Gasteiger partial charge in [-0.05, 0) is 38.0 Å². The predicted molar refractivity (Wildman–Crippen MR) is 93.2 cm³/mol. The molecule has 0 saturated carbocycles. The molecule has 0 N–H and O–H groups in total. The maximum Gasteiger partial charge on any atom is 0.441 e. The molecule has 3 aromatic rings. The molecule has 4 nitrogen and oxygen atoms in total. The molecule has 0 saturated heterocycles. The molecule has 0 aliphatic heterocycles. The van der Waals surface area contributed by atoms with Crippen LogP contribution >= 0.6 is 0 Å². The Balaban J connectivity index is 2.63. The van der Waals surface area contributed by atoms with E-state index in [2.05, 4.69) is 15.1 Å². The van der Waals surface area contributed by atoms with Crippen molar-refractivity contribution in [1.82, 2.24) is 15.1 Å². The third kappa shape index (κ3) is 4.07. The van der Waals surface area contributed by atoms with Crippen molar-refractivity contribution in [2.24, 2.45) is 7.05 Å². The Labute approximate surface area is 174 Å². The van der Waals surface area contributed by atoms with Crippen LogP contribution in [0.2, 0.25) is 0 Å². The van der Waals surface area contributed by atoms with E-state index in [4.69, 9.17) is 0 Å². The smallest absolute Gasteiger partial charge is 0.237 e. The van der Waals surface area contributed by atoms with Crippen molar-refractivity contribution in [1.29, 1.82) is 0 Å². The molecule has 0 aliphatic rings. The molecule has 2 heterocycles. The molecule has 0 atom stereocenters. The Bertz CT molecular complexity index is 1230. The number of hydrogen-bond acceptors (Lipinski definition) is 3. The number of aryl methyl sites for hydroxylation is 3. The van der Waals surface area contributed by atoms with E-state index in [1.807, 2.05) is 0 Å². The molecule has 0 aliphatic carbocycles. The van der Waals surface area contributed by atoms with Crippen molar-refractivity contribution in [2.75, 3.05) is 0 Å². The zero-order valence-electron chi connectivity index (χ0n) is 16.8. The minimum absolute atomic E-state index is 0.165. The van der Waals surface area contributed by atoms with Gasteiger partial charge in [0.25, 0.3) is 5.69 Å². The van der Waals surface area contributed by atoms with Crippen LogP contribution in [0.15, 0.2) is 12.1 Å². The molecule has 1 aromatic carbocycles. The first-order valence-corrected chi connectivity index (χ1v) is 8.84. The molecule has 0 fully saturated rings. The van der Waals surface area contributed by atoms with Gasteiger partial charge in [0.2, 0.25) is 5.69 Å². The van der Waals surface area contributed by atoms with Crippen LogP contribution < -0.4 is 4.68 Å². The van der Waals surface area contributed by atoms with E-state index >= 15 is 0 Å². The van der Waals surface area contributed by atoms with Gasteiger partial charge in [0, 0.05) is 5.10 Å². The quantitative estimate of drug-likeness (QED) is 0.349. The van der Waals surface area contributed by atoms with Crippen LogP contribution in [0.25, 0.3) is 22.3 Å². The number of benzene rings is 1. The molecule has 0 amide bonds. The van der Waals surface area contributed by atoms with Crippen LogP contribution in [0.4, 0.5) is 39.5 Å². The van der Waals surface area contributed by atoms with Crippen molar-refractivity contribution in [3.63, 3.8) is 0 Å². The summed E-state index contributed by atoms with van der Waals surface area (Å²) in [6, 6.07) is 3.20. The van der Waals surface area contributed by atoms with E-state index in [1.165, 1.54) is 6.07 Å². The molecule has 32 heavy (non-hydrogen) atoms. The van der Waals surface area contributed by atoms with Gasteiger partial charge in [-0.1, -0.05) is 16.3 Å². The number of halogens is 9. The van der Waals surface area contributed by atoms with Crippen molar-refractivity contribution >= 4 is 11.0 Å². The first-order chi connectivity index (χ1) is 14.4. The van der Waals surface area contributed by atoms with Crippen molar-refractivity contribution < 1.29 is 44.2 Å². The molecule has 13 heteroatoms. The fourth-order valence-electron chi connectivity index (χ4n) is 3.34. The standard InChI is InChI=1S/C19H14F9N4/c1-7-5-8(2)9(3)10(6-7)13-11-12(14(17(20,21)22)31-32(13)4)30-16(19(26,27)28)15(29-11)18(23,24)25/h5-6H,1-4H3/q+1. The Kier molecular flexibility index (Phi) is 5.38. The average molecular weight is 469 g/mol. The van der Waals surface area contributed by atoms with Gasteiger partial charge >= 0.3 is 18.5 Å². The van der Waals surface area contributed by atoms with E-state index in [9.17, 15) is 39.5 Å². The average Bonchev–Trinajstić information content (AvgIpc) is 2.61. The fourth-order valence-corrected chi connectivity index (χ4v) is 3.34. The minimum Gasteiger partial charge on any atom is -0.237 e.